The Labute approximate surface area is 156 Å². The third-order valence-corrected chi connectivity index (χ3v) is 5.47. The highest BCUT2D eigenvalue weighted by Crippen LogP contribution is 2.28. The first kappa shape index (κ1) is 16.7. The molecule has 0 N–H and O–H groups in total. The number of nitrogens with zero attached hydrogens (tertiary/aromatic N) is 2. The second-order valence-corrected chi connectivity index (χ2v) is 7.10. The molecule has 1 aromatic heterocycles. The van der Waals surface area contributed by atoms with Crippen LogP contribution in [0.4, 0.5) is 5.69 Å². The van der Waals surface area contributed by atoms with E-state index in [1.807, 2.05) is 53.9 Å². The van der Waals surface area contributed by atoms with Crippen molar-refractivity contribution in [3.8, 4) is 10.6 Å². The molecule has 130 valence electrons. The van der Waals surface area contributed by atoms with Crippen LogP contribution < -0.4 is 4.90 Å². The number of fused-ring (bicyclic) bond motifs is 1. The lowest BCUT2D eigenvalue weighted by Gasteiger charge is -2.28. The second kappa shape index (κ2) is 7.22. The van der Waals surface area contributed by atoms with Gasteiger partial charge in [-0.25, -0.2) is 4.98 Å². The summed E-state index contributed by atoms with van der Waals surface area (Å²) in [6.45, 7) is 0.459. The summed E-state index contributed by atoms with van der Waals surface area (Å²) in [5, 5.41) is 2.99. The summed E-state index contributed by atoms with van der Waals surface area (Å²) >= 11 is 1.60. The van der Waals surface area contributed by atoms with Crippen molar-refractivity contribution in [2.45, 2.75) is 19.3 Å². The Kier molecular flexibility index (Phi) is 4.63. The summed E-state index contributed by atoms with van der Waals surface area (Å²) in [7, 11) is 0. The van der Waals surface area contributed by atoms with E-state index in [-0.39, 0.29) is 11.7 Å². The number of hydrogen-bond acceptors (Lipinski definition) is 4. The van der Waals surface area contributed by atoms with Gasteiger partial charge >= 0.3 is 0 Å². The van der Waals surface area contributed by atoms with Crippen LogP contribution in [0.15, 0.2) is 60.0 Å². The highest BCUT2D eigenvalue weighted by atomic mass is 32.1. The number of thiazole rings is 1. The summed E-state index contributed by atoms with van der Waals surface area (Å²) < 4.78 is 0. The highest BCUT2D eigenvalue weighted by Gasteiger charge is 2.26. The van der Waals surface area contributed by atoms with Gasteiger partial charge in [0, 0.05) is 35.9 Å². The molecule has 1 amide bonds. The standard InChI is InChI=1S/C21H18N2O2S/c24-19-12-13-23(18-9-5-4-8-17(18)19)20(25)11-10-16-14-26-21(22-16)15-6-2-1-3-7-15/h1-9,14H,10-13H2. The van der Waals surface area contributed by atoms with Gasteiger partial charge in [0.05, 0.1) is 11.4 Å². The molecule has 4 nitrogen and oxygen atoms in total. The van der Waals surface area contributed by atoms with E-state index in [0.717, 1.165) is 22.0 Å². The lowest BCUT2D eigenvalue weighted by Crippen LogP contribution is -2.37. The van der Waals surface area contributed by atoms with E-state index in [1.54, 1.807) is 22.3 Å². The van der Waals surface area contributed by atoms with Crippen LogP contribution in [-0.2, 0) is 11.2 Å². The number of carbonyl (C=O) groups excluding carboxylic acids is 2. The lowest BCUT2D eigenvalue weighted by molar-refractivity contribution is -0.118. The van der Waals surface area contributed by atoms with Crippen molar-refractivity contribution >= 4 is 28.7 Å². The van der Waals surface area contributed by atoms with Crippen molar-refractivity contribution < 1.29 is 9.59 Å². The van der Waals surface area contributed by atoms with Gasteiger partial charge in [0.25, 0.3) is 0 Å². The zero-order valence-electron chi connectivity index (χ0n) is 14.2. The van der Waals surface area contributed by atoms with Crippen LogP contribution in [-0.4, -0.2) is 23.2 Å². The molecule has 0 spiro atoms. The maximum absolute atomic E-state index is 12.7. The van der Waals surface area contributed by atoms with Crippen molar-refractivity contribution in [2.75, 3.05) is 11.4 Å². The molecule has 3 aromatic rings. The van der Waals surface area contributed by atoms with E-state index >= 15 is 0 Å². The van der Waals surface area contributed by atoms with Gasteiger partial charge in [0.2, 0.25) is 5.91 Å². The van der Waals surface area contributed by atoms with Crippen molar-refractivity contribution in [1.29, 1.82) is 0 Å². The van der Waals surface area contributed by atoms with E-state index in [1.165, 1.54) is 0 Å². The number of ketones is 1. The van der Waals surface area contributed by atoms with Gasteiger partial charge in [-0.05, 0) is 18.6 Å². The van der Waals surface area contributed by atoms with Crippen molar-refractivity contribution in [2.24, 2.45) is 0 Å². The molecule has 26 heavy (non-hydrogen) atoms. The van der Waals surface area contributed by atoms with Gasteiger partial charge in [0.15, 0.2) is 5.78 Å². The van der Waals surface area contributed by atoms with E-state index in [2.05, 4.69) is 4.98 Å². The monoisotopic (exact) mass is 362 g/mol. The average Bonchev–Trinajstić information content (AvgIpc) is 3.16. The Morgan fingerprint density at radius 3 is 2.69 bits per heavy atom. The molecule has 0 fully saturated rings. The predicted octanol–water partition coefficient (Wildman–Crippen LogP) is 4.36. The number of rotatable bonds is 4. The van der Waals surface area contributed by atoms with E-state index in [0.29, 0.717) is 31.4 Å². The minimum atomic E-state index is 0.0409. The number of aryl methyl sites for hydroxylation is 1. The summed E-state index contributed by atoms with van der Waals surface area (Å²) in [4.78, 5) is 31.1. The third kappa shape index (κ3) is 3.30. The van der Waals surface area contributed by atoms with E-state index in [9.17, 15) is 9.59 Å². The van der Waals surface area contributed by atoms with Crippen LogP contribution in [0.25, 0.3) is 10.6 Å². The summed E-state index contributed by atoms with van der Waals surface area (Å²) in [5.74, 6) is 0.149. The topological polar surface area (TPSA) is 50.3 Å². The average molecular weight is 362 g/mol. The molecule has 0 unspecified atom stereocenters. The fourth-order valence-corrected chi connectivity index (χ4v) is 4.04. The summed E-state index contributed by atoms with van der Waals surface area (Å²) in [5.41, 5.74) is 3.41. The molecule has 0 atom stereocenters. The number of carbonyl (C=O) groups is 2. The van der Waals surface area contributed by atoms with E-state index < -0.39 is 0 Å². The van der Waals surface area contributed by atoms with E-state index in [4.69, 9.17) is 0 Å². The minimum Gasteiger partial charge on any atom is -0.311 e. The molecule has 1 aliphatic heterocycles. The molecule has 0 saturated heterocycles. The first-order valence-corrected chi connectivity index (χ1v) is 9.53. The van der Waals surface area contributed by atoms with Gasteiger partial charge < -0.3 is 4.90 Å². The highest BCUT2D eigenvalue weighted by molar-refractivity contribution is 7.13. The van der Waals surface area contributed by atoms with Crippen LogP contribution in [0.1, 0.15) is 28.9 Å². The van der Waals surface area contributed by atoms with Crippen LogP contribution in [0.5, 0.6) is 0 Å². The molecule has 0 radical (unpaired) electrons. The normalized spacial score (nSPS) is 13.5. The van der Waals surface area contributed by atoms with Gasteiger partial charge in [0.1, 0.15) is 5.01 Å². The van der Waals surface area contributed by atoms with Gasteiger partial charge in [-0.2, -0.15) is 0 Å². The first-order chi connectivity index (χ1) is 12.7. The van der Waals surface area contributed by atoms with Crippen molar-refractivity contribution in [3.05, 3.63) is 71.2 Å². The van der Waals surface area contributed by atoms with Gasteiger partial charge in [-0.3, -0.25) is 9.59 Å². The SMILES string of the molecule is O=C1CCN(C(=O)CCc2csc(-c3ccccc3)n2)c2ccccc21. The maximum Gasteiger partial charge on any atom is 0.227 e. The Bertz CT molecular complexity index is 949. The molecule has 0 bridgehead atoms. The van der Waals surface area contributed by atoms with Crippen molar-refractivity contribution in [1.82, 2.24) is 4.98 Å². The zero-order valence-corrected chi connectivity index (χ0v) is 15.0. The minimum absolute atomic E-state index is 0.0409. The maximum atomic E-state index is 12.7. The molecule has 0 saturated carbocycles. The fraction of sp³-hybridized carbons (Fsp3) is 0.190. The number of amides is 1. The van der Waals surface area contributed by atoms with Gasteiger partial charge in [-0.15, -0.1) is 11.3 Å². The third-order valence-electron chi connectivity index (χ3n) is 4.53. The second-order valence-electron chi connectivity index (χ2n) is 6.25. The number of benzene rings is 2. The zero-order chi connectivity index (χ0) is 17.9. The Morgan fingerprint density at radius 1 is 1.08 bits per heavy atom. The smallest absolute Gasteiger partial charge is 0.227 e. The molecule has 1 aliphatic rings. The Hall–Kier alpha value is -2.79. The Balaban J connectivity index is 1.44. The number of para-hydroxylation sites is 1. The van der Waals surface area contributed by atoms with Crippen LogP contribution >= 0.6 is 11.3 Å². The van der Waals surface area contributed by atoms with Crippen LogP contribution in [0, 0.1) is 0 Å². The van der Waals surface area contributed by atoms with Gasteiger partial charge in [-0.1, -0.05) is 42.5 Å². The molecule has 0 aliphatic carbocycles. The quantitative estimate of drug-likeness (QED) is 0.693. The summed E-state index contributed by atoms with van der Waals surface area (Å²) in [6.07, 6.45) is 1.38. The predicted molar refractivity (Wildman–Crippen MR) is 104 cm³/mol. The largest absolute Gasteiger partial charge is 0.311 e. The number of Topliss-reactive ketones (excluding diaryl/α,β-unsaturated/α-hetero) is 1. The van der Waals surface area contributed by atoms with Crippen LogP contribution in [0.2, 0.25) is 0 Å². The molecular weight excluding hydrogens is 344 g/mol. The molecule has 2 heterocycles. The fourth-order valence-electron chi connectivity index (χ4n) is 3.18. The number of aromatic nitrogens is 1. The first-order valence-electron chi connectivity index (χ1n) is 8.65. The lowest BCUT2D eigenvalue weighted by atomic mass is 10.00. The Morgan fingerprint density at radius 2 is 1.85 bits per heavy atom. The summed E-state index contributed by atoms with van der Waals surface area (Å²) in [6, 6.07) is 17.4. The molecular formula is C21H18N2O2S. The van der Waals surface area contributed by atoms with Crippen LogP contribution in [0.3, 0.4) is 0 Å². The molecule has 2 aromatic carbocycles. The number of anilines is 1. The van der Waals surface area contributed by atoms with Crippen molar-refractivity contribution in [3.63, 3.8) is 0 Å². The number of hydrogen-bond donors (Lipinski definition) is 0. The molecule has 5 heteroatoms. The molecule has 4 rings (SSSR count).